The molecule has 0 spiro atoms. The van der Waals surface area contributed by atoms with E-state index < -0.39 is 17.9 Å². The molecule has 25 heavy (non-hydrogen) atoms. The lowest BCUT2D eigenvalue weighted by Gasteiger charge is -2.32. The SMILES string of the molecule is O=C(O)[C@@H]1COCCN1C(=O)COc1cccc(N2CCCC2=O)c1. The number of morpholine rings is 1. The number of carbonyl (C=O) groups excluding carboxylic acids is 2. The van der Waals surface area contributed by atoms with Gasteiger partial charge in [-0.1, -0.05) is 6.07 Å². The summed E-state index contributed by atoms with van der Waals surface area (Å²) in [4.78, 5) is 38.3. The van der Waals surface area contributed by atoms with E-state index in [9.17, 15) is 19.5 Å². The third-order valence-electron chi connectivity index (χ3n) is 4.30. The molecule has 0 saturated carbocycles. The normalized spacial score (nSPS) is 20.6. The van der Waals surface area contributed by atoms with E-state index in [1.807, 2.05) is 6.07 Å². The fourth-order valence-corrected chi connectivity index (χ4v) is 3.00. The van der Waals surface area contributed by atoms with Gasteiger partial charge in [0.2, 0.25) is 5.91 Å². The van der Waals surface area contributed by atoms with E-state index in [-0.39, 0.29) is 25.7 Å². The fourth-order valence-electron chi connectivity index (χ4n) is 3.00. The van der Waals surface area contributed by atoms with Crippen LogP contribution in [0, 0.1) is 0 Å². The van der Waals surface area contributed by atoms with E-state index in [4.69, 9.17) is 9.47 Å². The number of carboxylic acid groups (broad SMARTS) is 1. The minimum absolute atomic E-state index is 0.0202. The highest BCUT2D eigenvalue weighted by Gasteiger charge is 2.32. The van der Waals surface area contributed by atoms with E-state index in [1.165, 1.54) is 4.90 Å². The van der Waals surface area contributed by atoms with Gasteiger partial charge in [-0.05, 0) is 18.6 Å². The van der Waals surface area contributed by atoms with Crippen LogP contribution in [0.15, 0.2) is 24.3 Å². The maximum absolute atomic E-state index is 12.3. The second-order valence-corrected chi connectivity index (χ2v) is 5.95. The van der Waals surface area contributed by atoms with Gasteiger partial charge in [-0.15, -0.1) is 0 Å². The Hall–Kier alpha value is -2.61. The molecule has 2 aliphatic heterocycles. The Balaban J connectivity index is 1.62. The van der Waals surface area contributed by atoms with Crippen LogP contribution in [0.25, 0.3) is 0 Å². The third-order valence-corrected chi connectivity index (χ3v) is 4.30. The van der Waals surface area contributed by atoms with Crippen LogP contribution < -0.4 is 9.64 Å². The van der Waals surface area contributed by atoms with Gasteiger partial charge in [0.05, 0.1) is 13.2 Å². The first kappa shape index (κ1) is 17.2. The number of anilines is 1. The summed E-state index contributed by atoms with van der Waals surface area (Å²) in [6, 6.07) is 6.00. The molecule has 2 saturated heterocycles. The number of nitrogens with zero attached hydrogens (tertiary/aromatic N) is 2. The highest BCUT2D eigenvalue weighted by Crippen LogP contribution is 2.25. The van der Waals surface area contributed by atoms with Gasteiger partial charge >= 0.3 is 5.97 Å². The second kappa shape index (κ2) is 7.52. The quantitative estimate of drug-likeness (QED) is 0.833. The van der Waals surface area contributed by atoms with Crippen molar-refractivity contribution >= 4 is 23.5 Å². The van der Waals surface area contributed by atoms with E-state index in [0.717, 1.165) is 12.1 Å². The van der Waals surface area contributed by atoms with Crippen LogP contribution in [0.3, 0.4) is 0 Å². The smallest absolute Gasteiger partial charge is 0.328 e. The maximum atomic E-state index is 12.3. The Morgan fingerprint density at radius 1 is 1.32 bits per heavy atom. The minimum Gasteiger partial charge on any atom is -0.484 e. The molecule has 2 heterocycles. The molecule has 1 aromatic rings. The predicted octanol–water partition coefficient (Wildman–Crippen LogP) is 0.504. The summed E-state index contributed by atoms with van der Waals surface area (Å²) < 4.78 is 10.6. The van der Waals surface area contributed by atoms with Crippen LogP contribution >= 0.6 is 0 Å². The molecule has 3 rings (SSSR count). The standard InChI is InChI=1S/C17H20N2O6/c20-15-5-2-6-18(15)12-3-1-4-13(9-12)25-11-16(21)19-7-8-24-10-14(19)17(22)23/h1,3-4,9,14H,2,5-8,10-11H2,(H,22,23)/t14-/m0/s1. The van der Waals surface area contributed by atoms with Crippen LogP contribution in [0.5, 0.6) is 5.75 Å². The average Bonchev–Trinajstić information content (AvgIpc) is 3.06. The van der Waals surface area contributed by atoms with E-state index in [2.05, 4.69) is 0 Å². The Bertz CT molecular complexity index is 677. The number of aliphatic carboxylic acids is 1. The first-order chi connectivity index (χ1) is 12.1. The van der Waals surface area contributed by atoms with Gasteiger partial charge in [0, 0.05) is 31.3 Å². The van der Waals surface area contributed by atoms with Gasteiger partial charge in [0.1, 0.15) is 5.75 Å². The molecule has 0 radical (unpaired) electrons. The zero-order valence-electron chi connectivity index (χ0n) is 13.7. The summed E-state index contributed by atoms with van der Waals surface area (Å²) in [6.07, 6.45) is 1.37. The van der Waals surface area contributed by atoms with E-state index >= 15 is 0 Å². The van der Waals surface area contributed by atoms with E-state index in [0.29, 0.717) is 25.3 Å². The predicted molar refractivity (Wildman–Crippen MR) is 87.5 cm³/mol. The summed E-state index contributed by atoms with van der Waals surface area (Å²) in [7, 11) is 0. The Labute approximate surface area is 144 Å². The molecular weight excluding hydrogens is 328 g/mol. The molecule has 1 N–H and O–H groups in total. The van der Waals surface area contributed by atoms with Gasteiger partial charge < -0.3 is 24.4 Å². The maximum Gasteiger partial charge on any atom is 0.328 e. The fraction of sp³-hybridized carbons (Fsp3) is 0.471. The summed E-state index contributed by atoms with van der Waals surface area (Å²) >= 11 is 0. The molecule has 8 nitrogen and oxygen atoms in total. The minimum atomic E-state index is -1.09. The molecule has 2 aliphatic rings. The van der Waals surface area contributed by atoms with Crippen molar-refractivity contribution in [2.75, 3.05) is 37.8 Å². The zero-order valence-corrected chi connectivity index (χ0v) is 13.7. The number of hydrogen-bond acceptors (Lipinski definition) is 5. The number of benzene rings is 1. The summed E-state index contributed by atoms with van der Waals surface area (Å²) in [5.41, 5.74) is 0.738. The number of rotatable bonds is 5. The van der Waals surface area contributed by atoms with Gasteiger partial charge in [0.25, 0.3) is 5.91 Å². The van der Waals surface area contributed by atoms with Crippen LogP contribution in [0.1, 0.15) is 12.8 Å². The Morgan fingerprint density at radius 2 is 2.16 bits per heavy atom. The topological polar surface area (TPSA) is 96.4 Å². The van der Waals surface area contributed by atoms with Crippen LogP contribution in [0.2, 0.25) is 0 Å². The number of amides is 2. The van der Waals surface area contributed by atoms with Crippen molar-refractivity contribution in [2.24, 2.45) is 0 Å². The van der Waals surface area contributed by atoms with Crippen molar-refractivity contribution in [3.05, 3.63) is 24.3 Å². The van der Waals surface area contributed by atoms with Gasteiger partial charge in [0.15, 0.2) is 12.6 Å². The lowest BCUT2D eigenvalue weighted by Crippen LogP contribution is -2.53. The highest BCUT2D eigenvalue weighted by molar-refractivity contribution is 5.95. The summed E-state index contributed by atoms with van der Waals surface area (Å²) in [5.74, 6) is -0.961. The van der Waals surface area contributed by atoms with Crippen LogP contribution in [-0.4, -0.2) is 66.7 Å². The lowest BCUT2D eigenvalue weighted by molar-refractivity contribution is -0.159. The largest absolute Gasteiger partial charge is 0.484 e. The molecule has 1 atom stereocenters. The van der Waals surface area contributed by atoms with Crippen molar-refractivity contribution in [3.8, 4) is 5.75 Å². The second-order valence-electron chi connectivity index (χ2n) is 5.95. The molecule has 0 aromatic heterocycles. The molecule has 0 unspecified atom stereocenters. The van der Waals surface area contributed by atoms with Crippen molar-refractivity contribution in [3.63, 3.8) is 0 Å². The first-order valence-electron chi connectivity index (χ1n) is 8.19. The highest BCUT2D eigenvalue weighted by atomic mass is 16.5. The molecule has 2 fully saturated rings. The van der Waals surface area contributed by atoms with Crippen molar-refractivity contribution in [2.45, 2.75) is 18.9 Å². The lowest BCUT2D eigenvalue weighted by atomic mass is 10.2. The molecule has 1 aromatic carbocycles. The molecule has 0 bridgehead atoms. The zero-order chi connectivity index (χ0) is 17.8. The monoisotopic (exact) mass is 348 g/mol. The Kier molecular flexibility index (Phi) is 5.18. The molecule has 8 heteroatoms. The van der Waals surface area contributed by atoms with Gasteiger partial charge in [-0.2, -0.15) is 0 Å². The van der Waals surface area contributed by atoms with Gasteiger partial charge in [-0.3, -0.25) is 9.59 Å². The van der Waals surface area contributed by atoms with Gasteiger partial charge in [-0.25, -0.2) is 4.79 Å². The number of hydrogen-bond donors (Lipinski definition) is 1. The van der Waals surface area contributed by atoms with Crippen LogP contribution in [-0.2, 0) is 19.1 Å². The Morgan fingerprint density at radius 3 is 2.88 bits per heavy atom. The molecule has 2 amide bonds. The van der Waals surface area contributed by atoms with Crippen molar-refractivity contribution in [1.29, 1.82) is 0 Å². The first-order valence-corrected chi connectivity index (χ1v) is 8.19. The number of carboxylic acids is 1. The van der Waals surface area contributed by atoms with Crippen molar-refractivity contribution in [1.82, 2.24) is 4.90 Å². The molecule has 134 valence electrons. The number of carbonyl (C=O) groups is 3. The van der Waals surface area contributed by atoms with E-state index in [1.54, 1.807) is 23.1 Å². The molecule has 0 aliphatic carbocycles. The number of ether oxygens (including phenoxy) is 2. The summed E-state index contributed by atoms with van der Waals surface area (Å²) in [6.45, 7) is 0.924. The summed E-state index contributed by atoms with van der Waals surface area (Å²) in [5, 5.41) is 9.17. The molecular formula is C17H20N2O6. The van der Waals surface area contributed by atoms with Crippen molar-refractivity contribution < 1.29 is 29.0 Å². The van der Waals surface area contributed by atoms with Crippen LogP contribution in [0.4, 0.5) is 5.69 Å². The third kappa shape index (κ3) is 3.90. The average molecular weight is 348 g/mol.